The number of benzene rings is 2. The average molecular weight is 517 g/mol. The highest BCUT2D eigenvalue weighted by Crippen LogP contribution is 2.24. The Hall–Kier alpha value is -3.32. The number of nitrogens with one attached hydrogen (secondary N) is 2. The van der Waals surface area contributed by atoms with Gasteiger partial charge in [-0.05, 0) is 40.1 Å². The Balaban J connectivity index is 1.68. The van der Waals surface area contributed by atoms with Crippen molar-refractivity contribution in [3.05, 3.63) is 71.1 Å². The smallest absolute Gasteiger partial charge is 0.318 e. The lowest BCUT2D eigenvalue weighted by atomic mass is 10.1. The van der Waals surface area contributed by atoms with Gasteiger partial charge in [-0.3, -0.25) is 25.0 Å². The Morgan fingerprint density at radius 3 is 2.54 bits per heavy atom. The maximum Gasteiger partial charge on any atom is 0.327 e. The summed E-state index contributed by atoms with van der Waals surface area (Å²) in [7, 11) is -2.61. The van der Waals surface area contributed by atoms with Crippen LogP contribution in [-0.4, -0.2) is 66.8 Å². The number of hydroxylamine groups is 1. The number of imide groups is 1. The molecule has 0 saturated carbocycles. The third kappa shape index (κ3) is 5.35. The molecular formula is C23H24N4O6S2. The van der Waals surface area contributed by atoms with Crippen molar-refractivity contribution in [2.75, 3.05) is 20.1 Å². The topological polar surface area (TPSA) is 136 Å². The predicted molar refractivity (Wildman–Crippen MR) is 130 cm³/mol. The Kier molecular flexibility index (Phi) is 7.17. The van der Waals surface area contributed by atoms with E-state index in [4.69, 9.17) is 0 Å². The van der Waals surface area contributed by atoms with Crippen LogP contribution in [0.1, 0.15) is 17.2 Å². The molecule has 0 radical (unpaired) electrons. The Labute approximate surface area is 206 Å². The van der Waals surface area contributed by atoms with Gasteiger partial charge in [0, 0.05) is 11.7 Å². The molecule has 0 aliphatic carbocycles. The molecule has 0 bridgehead atoms. The third-order valence-corrected chi connectivity index (χ3v) is 8.54. The first-order chi connectivity index (χ1) is 16.7. The molecule has 35 heavy (non-hydrogen) atoms. The van der Waals surface area contributed by atoms with E-state index in [1.54, 1.807) is 47.9 Å². The van der Waals surface area contributed by atoms with E-state index in [9.17, 15) is 28.0 Å². The number of fused-ring (bicyclic) bond motifs is 1. The minimum absolute atomic E-state index is 0.167. The second-order valence-corrected chi connectivity index (χ2v) is 11.3. The van der Waals surface area contributed by atoms with Gasteiger partial charge < -0.3 is 4.90 Å². The molecule has 184 valence electrons. The molecule has 10 nitrogen and oxygen atoms in total. The van der Waals surface area contributed by atoms with Crippen molar-refractivity contribution in [2.24, 2.45) is 0 Å². The van der Waals surface area contributed by atoms with E-state index in [1.807, 2.05) is 17.5 Å². The van der Waals surface area contributed by atoms with Crippen LogP contribution in [0, 0.1) is 0 Å². The number of rotatable bonds is 9. The standard InChI is InChI=1S/C23H24N4O6S2/c1-26-13-20(28)27(23(26)30)12-19(24-21(22(29)25-31)16-5-3-2-4-6-16)35(32,33)14-15-7-8-18-17(11-15)9-10-34-18/h2-11,19,21,24,31H,12-14H2,1H3,(H,25,29). The van der Waals surface area contributed by atoms with Crippen molar-refractivity contribution < 1.29 is 28.0 Å². The van der Waals surface area contributed by atoms with E-state index in [2.05, 4.69) is 5.32 Å². The molecule has 4 rings (SSSR count). The fourth-order valence-electron chi connectivity index (χ4n) is 3.94. The number of nitrogens with zero attached hydrogens (tertiary/aromatic N) is 2. The van der Waals surface area contributed by atoms with E-state index in [-0.39, 0.29) is 12.3 Å². The van der Waals surface area contributed by atoms with Gasteiger partial charge in [-0.1, -0.05) is 36.4 Å². The molecule has 2 unspecified atom stereocenters. The van der Waals surface area contributed by atoms with Crippen LogP contribution < -0.4 is 10.8 Å². The summed E-state index contributed by atoms with van der Waals surface area (Å²) in [5.41, 5.74) is 2.48. The van der Waals surface area contributed by atoms with Crippen LogP contribution in [-0.2, 0) is 25.2 Å². The maximum absolute atomic E-state index is 13.6. The second-order valence-electron chi connectivity index (χ2n) is 8.22. The molecule has 4 amide bonds. The monoisotopic (exact) mass is 516 g/mol. The van der Waals surface area contributed by atoms with Crippen molar-refractivity contribution in [1.29, 1.82) is 0 Å². The summed E-state index contributed by atoms with van der Waals surface area (Å²) in [4.78, 5) is 39.4. The molecule has 1 aromatic heterocycles. The van der Waals surface area contributed by atoms with E-state index < -0.39 is 45.6 Å². The lowest BCUT2D eigenvalue weighted by molar-refractivity contribution is -0.131. The Morgan fingerprint density at radius 2 is 1.89 bits per heavy atom. The zero-order chi connectivity index (χ0) is 25.2. The predicted octanol–water partition coefficient (Wildman–Crippen LogP) is 1.87. The number of urea groups is 1. The lowest BCUT2D eigenvalue weighted by Crippen LogP contribution is -2.52. The Morgan fingerprint density at radius 1 is 1.14 bits per heavy atom. The van der Waals surface area contributed by atoms with Crippen LogP contribution in [0.5, 0.6) is 0 Å². The van der Waals surface area contributed by atoms with E-state index in [0.717, 1.165) is 15.0 Å². The second kappa shape index (κ2) is 10.1. The number of thiophene rings is 1. The van der Waals surface area contributed by atoms with Crippen LogP contribution in [0.3, 0.4) is 0 Å². The summed E-state index contributed by atoms with van der Waals surface area (Å²) >= 11 is 1.54. The number of sulfone groups is 1. The molecule has 1 fully saturated rings. The van der Waals surface area contributed by atoms with Crippen molar-refractivity contribution in [3.8, 4) is 0 Å². The number of carbonyl (C=O) groups is 3. The van der Waals surface area contributed by atoms with Crippen molar-refractivity contribution in [1.82, 2.24) is 20.6 Å². The van der Waals surface area contributed by atoms with E-state index >= 15 is 0 Å². The number of carbonyl (C=O) groups excluding carboxylic acids is 3. The van der Waals surface area contributed by atoms with Crippen molar-refractivity contribution in [2.45, 2.75) is 17.2 Å². The molecule has 1 saturated heterocycles. The average Bonchev–Trinajstić information content (AvgIpc) is 3.40. The van der Waals surface area contributed by atoms with Gasteiger partial charge in [-0.25, -0.2) is 18.7 Å². The van der Waals surface area contributed by atoms with Crippen LogP contribution in [0.4, 0.5) is 4.79 Å². The van der Waals surface area contributed by atoms with Crippen molar-refractivity contribution in [3.63, 3.8) is 0 Å². The first-order valence-electron chi connectivity index (χ1n) is 10.7. The molecule has 1 aliphatic rings. The molecule has 0 spiro atoms. The minimum Gasteiger partial charge on any atom is -0.318 e. The zero-order valence-electron chi connectivity index (χ0n) is 18.7. The SMILES string of the molecule is CN1CC(=O)N(CC(NC(C(=O)NO)c2ccccc2)S(=O)(=O)Cc2ccc3sccc3c2)C1=O. The third-order valence-electron chi connectivity index (χ3n) is 5.76. The van der Waals surface area contributed by atoms with Gasteiger partial charge in [0.1, 0.15) is 18.0 Å². The summed E-state index contributed by atoms with van der Waals surface area (Å²) in [6.07, 6.45) is 0. The van der Waals surface area contributed by atoms with Gasteiger partial charge in [0.05, 0.1) is 12.3 Å². The van der Waals surface area contributed by atoms with Gasteiger partial charge in [-0.15, -0.1) is 11.3 Å². The fourth-order valence-corrected chi connectivity index (χ4v) is 6.28. The summed E-state index contributed by atoms with van der Waals surface area (Å²) in [6.45, 7) is -0.660. The number of hydrogen-bond donors (Lipinski definition) is 3. The highest BCUT2D eigenvalue weighted by Gasteiger charge is 2.40. The van der Waals surface area contributed by atoms with Crippen LogP contribution in [0.2, 0.25) is 0 Å². The number of likely N-dealkylation sites (N-methyl/N-ethyl adjacent to an activating group) is 1. The molecule has 1 aliphatic heterocycles. The van der Waals surface area contributed by atoms with Crippen molar-refractivity contribution >= 4 is 49.1 Å². The lowest BCUT2D eigenvalue weighted by Gasteiger charge is -2.27. The normalized spacial score (nSPS) is 16.1. The Bertz CT molecular complexity index is 1360. The van der Waals surface area contributed by atoms with Crippen LogP contribution in [0.25, 0.3) is 10.1 Å². The van der Waals surface area contributed by atoms with Gasteiger partial charge >= 0.3 is 6.03 Å². The van der Waals surface area contributed by atoms with E-state index in [1.165, 1.54) is 23.3 Å². The molecule has 2 atom stereocenters. The van der Waals surface area contributed by atoms with Gasteiger partial charge in [0.25, 0.3) is 5.91 Å². The summed E-state index contributed by atoms with van der Waals surface area (Å²) in [5, 5.41) is 13.4. The largest absolute Gasteiger partial charge is 0.327 e. The molecule has 12 heteroatoms. The minimum atomic E-state index is -4.06. The molecule has 2 heterocycles. The van der Waals surface area contributed by atoms with Crippen LogP contribution in [0.15, 0.2) is 60.0 Å². The summed E-state index contributed by atoms with van der Waals surface area (Å²) in [6, 6.07) is 13.6. The quantitative estimate of drug-likeness (QED) is 0.224. The molecular weight excluding hydrogens is 492 g/mol. The summed E-state index contributed by atoms with van der Waals surface area (Å²) < 4.78 is 28.3. The first-order valence-corrected chi connectivity index (χ1v) is 13.3. The van der Waals surface area contributed by atoms with Gasteiger partial charge in [-0.2, -0.15) is 0 Å². The van der Waals surface area contributed by atoms with E-state index in [0.29, 0.717) is 11.1 Å². The first kappa shape index (κ1) is 24.8. The number of hydrogen-bond acceptors (Lipinski definition) is 8. The summed E-state index contributed by atoms with van der Waals surface area (Å²) in [5.74, 6) is -1.81. The maximum atomic E-state index is 13.6. The molecule has 3 aromatic rings. The highest BCUT2D eigenvalue weighted by molar-refractivity contribution is 7.91. The highest BCUT2D eigenvalue weighted by atomic mass is 32.2. The zero-order valence-corrected chi connectivity index (χ0v) is 20.4. The number of amides is 4. The van der Waals surface area contributed by atoms with Gasteiger partial charge in [0.2, 0.25) is 5.91 Å². The molecule has 3 N–H and O–H groups in total. The van der Waals surface area contributed by atoms with Gasteiger partial charge in [0.15, 0.2) is 9.84 Å². The fraction of sp³-hybridized carbons (Fsp3) is 0.261. The van der Waals surface area contributed by atoms with Crippen LogP contribution >= 0.6 is 11.3 Å². The molecule has 2 aromatic carbocycles.